The van der Waals surface area contributed by atoms with E-state index in [0.29, 0.717) is 6.54 Å². The molecule has 138 valence electrons. The van der Waals surface area contributed by atoms with Gasteiger partial charge in [-0.15, -0.1) is 0 Å². The summed E-state index contributed by atoms with van der Waals surface area (Å²) in [7, 11) is 3.78. The lowest BCUT2D eigenvalue weighted by Gasteiger charge is -2.37. The minimum atomic E-state index is -0.474. The number of hydrogen-bond donors (Lipinski definition) is 1. The van der Waals surface area contributed by atoms with Crippen molar-refractivity contribution in [1.82, 2.24) is 15.1 Å². The van der Waals surface area contributed by atoms with Crippen LogP contribution in [-0.4, -0.2) is 80.5 Å². The van der Waals surface area contributed by atoms with Crippen molar-refractivity contribution in [3.63, 3.8) is 0 Å². The molecule has 0 aromatic carbocycles. The molecule has 1 N–H and O–H groups in total. The van der Waals surface area contributed by atoms with Crippen molar-refractivity contribution < 1.29 is 14.3 Å². The van der Waals surface area contributed by atoms with Gasteiger partial charge in [0.2, 0.25) is 0 Å². The Labute approximate surface area is 142 Å². The van der Waals surface area contributed by atoms with Gasteiger partial charge >= 0.3 is 6.09 Å². The predicted octanol–water partition coefficient (Wildman–Crippen LogP) is 2.19. The van der Waals surface area contributed by atoms with Gasteiger partial charge in [0.25, 0.3) is 0 Å². The highest BCUT2D eigenvalue weighted by molar-refractivity contribution is 5.69. The van der Waals surface area contributed by atoms with Crippen LogP contribution in [0.2, 0.25) is 0 Å². The zero-order chi connectivity index (χ0) is 18.1. The van der Waals surface area contributed by atoms with Gasteiger partial charge in [-0.05, 0) is 48.6 Å². The van der Waals surface area contributed by atoms with Gasteiger partial charge in [-0.2, -0.15) is 0 Å². The molecule has 0 atom stereocenters. The quantitative estimate of drug-likeness (QED) is 0.656. The Kier molecular flexibility index (Phi) is 9.73. The molecule has 0 rings (SSSR count). The molecule has 1 amide bonds. The minimum absolute atomic E-state index is 0.260. The molecule has 0 aliphatic heterocycles. The topological polar surface area (TPSA) is 54.0 Å². The summed E-state index contributed by atoms with van der Waals surface area (Å²) in [5, 5.41) is 3.38. The summed E-state index contributed by atoms with van der Waals surface area (Å²) < 4.78 is 10.6. The van der Waals surface area contributed by atoms with Gasteiger partial charge in [0.15, 0.2) is 0 Å². The first-order valence-electron chi connectivity index (χ1n) is 8.36. The van der Waals surface area contributed by atoms with Gasteiger partial charge in [0, 0.05) is 45.4 Å². The summed E-state index contributed by atoms with van der Waals surface area (Å²) >= 11 is 0. The normalized spacial score (nSPS) is 12.6. The highest BCUT2D eigenvalue weighted by Crippen LogP contribution is 2.17. The molecule has 0 spiro atoms. The van der Waals surface area contributed by atoms with E-state index in [0.717, 1.165) is 32.8 Å². The fourth-order valence-corrected chi connectivity index (χ4v) is 1.96. The Morgan fingerprint density at radius 3 is 2.04 bits per heavy atom. The van der Waals surface area contributed by atoms with Crippen LogP contribution in [0.5, 0.6) is 0 Å². The van der Waals surface area contributed by atoms with Crippen molar-refractivity contribution in [1.29, 1.82) is 0 Å². The van der Waals surface area contributed by atoms with E-state index in [4.69, 9.17) is 9.47 Å². The molecule has 0 unspecified atom stereocenters. The molecule has 0 bridgehead atoms. The van der Waals surface area contributed by atoms with E-state index < -0.39 is 5.60 Å². The van der Waals surface area contributed by atoms with Crippen LogP contribution in [0.15, 0.2) is 0 Å². The van der Waals surface area contributed by atoms with Gasteiger partial charge < -0.3 is 24.6 Å². The molecule has 0 aromatic heterocycles. The van der Waals surface area contributed by atoms with Crippen molar-refractivity contribution in [3.05, 3.63) is 0 Å². The SMILES string of the molecule is COCCN(C)CCNCCN(C(=O)OC(C)(C)C)C(C)(C)C. The van der Waals surface area contributed by atoms with E-state index in [-0.39, 0.29) is 11.6 Å². The van der Waals surface area contributed by atoms with Crippen LogP contribution in [0.1, 0.15) is 41.5 Å². The third-order valence-electron chi connectivity index (χ3n) is 3.28. The number of methoxy groups -OCH3 is 1. The van der Waals surface area contributed by atoms with Crippen molar-refractivity contribution in [3.8, 4) is 0 Å². The van der Waals surface area contributed by atoms with Crippen LogP contribution in [0.4, 0.5) is 4.79 Å². The number of carbonyl (C=O) groups excluding carboxylic acids is 1. The smallest absolute Gasteiger partial charge is 0.410 e. The van der Waals surface area contributed by atoms with Crippen molar-refractivity contribution >= 4 is 6.09 Å². The molecule has 0 fully saturated rings. The van der Waals surface area contributed by atoms with Crippen molar-refractivity contribution in [2.24, 2.45) is 0 Å². The van der Waals surface area contributed by atoms with E-state index >= 15 is 0 Å². The maximum atomic E-state index is 12.3. The zero-order valence-corrected chi connectivity index (χ0v) is 16.4. The summed E-state index contributed by atoms with van der Waals surface area (Å²) in [6.07, 6.45) is -0.260. The fraction of sp³-hybridized carbons (Fsp3) is 0.941. The lowest BCUT2D eigenvalue weighted by Crippen LogP contribution is -2.50. The monoisotopic (exact) mass is 331 g/mol. The summed E-state index contributed by atoms with van der Waals surface area (Å²) in [5.41, 5.74) is -0.739. The second kappa shape index (κ2) is 10.1. The van der Waals surface area contributed by atoms with Crippen LogP contribution in [0.3, 0.4) is 0 Å². The molecule has 0 saturated carbocycles. The Hall–Kier alpha value is -0.850. The molecule has 6 heteroatoms. The molecule has 0 aliphatic rings. The van der Waals surface area contributed by atoms with Gasteiger partial charge in [0.05, 0.1) is 6.61 Å². The first-order chi connectivity index (χ1) is 10.5. The van der Waals surface area contributed by atoms with E-state index in [1.807, 2.05) is 41.5 Å². The van der Waals surface area contributed by atoms with Crippen LogP contribution >= 0.6 is 0 Å². The Balaban J connectivity index is 4.20. The molecule has 0 radical (unpaired) electrons. The van der Waals surface area contributed by atoms with Crippen LogP contribution < -0.4 is 5.32 Å². The van der Waals surface area contributed by atoms with Gasteiger partial charge in [-0.1, -0.05) is 0 Å². The van der Waals surface area contributed by atoms with Crippen molar-refractivity contribution in [2.75, 3.05) is 53.5 Å². The zero-order valence-electron chi connectivity index (χ0n) is 16.4. The summed E-state index contributed by atoms with van der Waals surface area (Å²) in [5.74, 6) is 0. The molecular formula is C17H37N3O3. The first kappa shape index (κ1) is 22.1. The Bertz CT molecular complexity index is 335. The molecule has 0 saturated heterocycles. The number of nitrogens with one attached hydrogen (secondary N) is 1. The average molecular weight is 332 g/mol. The van der Waals surface area contributed by atoms with Gasteiger partial charge in [0.1, 0.15) is 5.60 Å². The minimum Gasteiger partial charge on any atom is -0.444 e. The molecule has 0 aromatic rings. The molecular weight excluding hydrogens is 294 g/mol. The molecule has 0 aliphatic carbocycles. The van der Waals surface area contributed by atoms with Crippen LogP contribution in [0, 0.1) is 0 Å². The van der Waals surface area contributed by atoms with Gasteiger partial charge in [-0.25, -0.2) is 4.79 Å². The molecule has 23 heavy (non-hydrogen) atoms. The maximum absolute atomic E-state index is 12.3. The number of amides is 1. The highest BCUT2D eigenvalue weighted by atomic mass is 16.6. The maximum Gasteiger partial charge on any atom is 0.410 e. The second-order valence-electron chi connectivity index (χ2n) is 7.85. The number of ether oxygens (including phenoxy) is 2. The molecule has 6 nitrogen and oxygen atoms in total. The fourth-order valence-electron chi connectivity index (χ4n) is 1.96. The van der Waals surface area contributed by atoms with Crippen LogP contribution in [-0.2, 0) is 9.47 Å². The number of rotatable bonds is 9. The predicted molar refractivity (Wildman–Crippen MR) is 94.9 cm³/mol. The Morgan fingerprint density at radius 2 is 1.57 bits per heavy atom. The highest BCUT2D eigenvalue weighted by Gasteiger charge is 2.30. The lowest BCUT2D eigenvalue weighted by atomic mass is 10.1. The largest absolute Gasteiger partial charge is 0.444 e. The summed E-state index contributed by atoms with van der Waals surface area (Å²) in [4.78, 5) is 16.3. The van der Waals surface area contributed by atoms with E-state index in [1.165, 1.54) is 0 Å². The van der Waals surface area contributed by atoms with Crippen molar-refractivity contribution in [2.45, 2.75) is 52.7 Å². The van der Waals surface area contributed by atoms with Gasteiger partial charge in [-0.3, -0.25) is 0 Å². The van der Waals surface area contributed by atoms with Crippen LogP contribution in [0.25, 0.3) is 0 Å². The number of carbonyl (C=O) groups is 1. The average Bonchev–Trinajstić information content (AvgIpc) is 2.36. The third-order valence-corrected chi connectivity index (χ3v) is 3.28. The Morgan fingerprint density at radius 1 is 1.00 bits per heavy atom. The second-order valence-corrected chi connectivity index (χ2v) is 7.85. The summed E-state index contributed by atoms with van der Waals surface area (Å²) in [6, 6.07) is 0. The number of likely N-dealkylation sites (N-methyl/N-ethyl adjacent to an activating group) is 1. The summed E-state index contributed by atoms with van der Waals surface area (Å²) in [6.45, 7) is 16.6. The third kappa shape index (κ3) is 11.3. The molecule has 0 heterocycles. The van der Waals surface area contributed by atoms with E-state index in [2.05, 4.69) is 17.3 Å². The lowest BCUT2D eigenvalue weighted by molar-refractivity contribution is 0.00662. The van der Waals surface area contributed by atoms with E-state index in [1.54, 1.807) is 12.0 Å². The number of nitrogens with zero attached hydrogens (tertiary/aromatic N) is 2. The first-order valence-corrected chi connectivity index (χ1v) is 8.36. The van der Waals surface area contributed by atoms with E-state index in [9.17, 15) is 4.79 Å². The number of hydrogen-bond acceptors (Lipinski definition) is 5. The standard InChI is InChI=1S/C17H37N3O3/c1-16(2,3)20(15(21)23-17(4,5)6)12-10-18-9-11-19(7)13-14-22-8/h18H,9-14H2,1-8H3.